The number of nitrogens with zero attached hydrogens (tertiary/aromatic N) is 2. The number of allylic oxidation sites excluding steroid dienone is 1. The highest BCUT2D eigenvalue weighted by molar-refractivity contribution is 5.53. The molecule has 0 spiro atoms. The summed E-state index contributed by atoms with van der Waals surface area (Å²) in [5, 5.41) is 39.4. The number of nitro groups is 2. The lowest BCUT2D eigenvalue weighted by atomic mass is 10.2. The summed E-state index contributed by atoms with van der Waals surface area (Å²) in [6.07, 6.45) is 2.22. The maximum absolute atomic E-state index is 10.4. The number of hydrogen-bond donors (Lipinski definition) is 2. The third-order valence-electron chi connectivity index (χ3n) is 2.13. The van der Waals surface area contributed by atoms with Crippen LogP contribution in [0.1, 0.15) is 5.56 Å². The van der Waals surface area contributed by atoms with Crippen molar-refractivity contribution in [3.8, 4) is 0 Å². The summed E-state index contributed by atoms with van der Waals surface area (Å²) in [6.45, 7) is 0. The van der Waals surface area contributed by atoms with Gasteiger partial charge >= 0.3 is 5.85 Å². The average molecular weight is 266 g/mol. The molecule has 0 aliphatic heterocycles. The Morgan fingerprint density at radius 2 is 1.68 bits per heavy atom. The van der Waals surface area contributed by atoms with Crippen LogP contribution < -0.4 is 0 Å². The highest BCUT2D eigenvalue weighted by Crippen LogP contribution is 2.11. The monoisotopic (exact) mass is 266 g/mol. The standard InChI is InChI=1S/C11H10N2O6/c14-10(8-9-4-2-1-3-5-9)6-7-11(15,12(16)17)13(18)19/h1-8,14-15H. The summed E-state index contributed by atoms with van der Waals surface area (Å²) in [7, 11) is 0. The van der Waals surface area contributed by atoms with Gasteiger partial charge in [0, 0.05) is 0 Å². The van der Waals surface area contributed by atoms with Crippen LogP contribution in [0, 0.1) is 20.2 Å². The molecular weight excluding hydrogens is 256 g/mol. The maximum atomic E-state index is 10.4. The zero-order valence-electron chi connectivity index (χ0n) is 9.54. The Bertz CT molecular complexity index is 523. The van der Waals surface area contributed by atoms with Crippen molar-refractivity contribution in [2.75, 3.05) is 0 Å². The largest absolute Gasteiger partial charge is 0.597 e. The first kappa shape index (κ1) is 14.3. The van der Waals surface area contributed by atoms with Crippen molar-refractivity contribution in [1.82, 2.24) is 0 Å². The van der Waals surface area contributed by atoms with Crippen molar-refractivity contribution in [2.24, 2.45) is 0 Å². The molecule has 0 amide bonds. The van der Waals surface area contributed by atoms with Crippen LogP contribution in [-0.4, -0.2) is 25.9 Å². The van der Waals surface area contributed by atoms with Crippen molar-refractivity contribution in [3.63, 3.8) is 0 Å². The molecule has 2 N–H and O–H groups in total. The van der Waals surface area contributed by atoms with E-state index in [0.717, 1.165) is 0 Å². The topological polar surface area (TPSA) is 127 Å². The van der Waals surface area contributed by atoms with Crippen LogP contribution in [0.2, 0.25) is 0 Å². The maximum Gasteiger partial charge on any atom is 0.597 e. The molecule has 0 bridgehead atoms. The third kappa shape index (κ3) is 3.61. The average Bonchev–Trinajstić information content (AvgIpc) is 2.36. The fourth-order valence-corrected chi connectivity index (χ4v) is 1.15. The first-order chi connectivity index (χ1) is 8.86. The quantitative estimate of drug-likeness (QED) is 0.272. The van der Waals surface area contributed by atoms with Crippen molar-refractivity contribution >= 4 is 6.08 Å². The summed E-state index contributed by atoms with van der Waals surface area (Å²) in [5.74, 6) is -3.92. The molecule has 100 valence electrons. The molecule has 1 aromatic carbocycles. The fraction of sp³-hybridized carbons (Fsp3) is 0.0909. The normalized spacial score (nSPS) is 12.6. The predicted octanol–water partition coefficient (Wildman–Crippen LogP) is 1.34. The Balaban J connectivity index is 2.95. The molecular formula is C11H10N2O6. The molecule has 0 radical (unpaired) electrons. The van der Waals surface area contributed by atoms with E-state index in [2.05, 4.69) is 0 Å². The summed E-state index contributed by atoms with van der Waals surface area (Å²) in [6, 6.07) is 8.46. The van der Waals surface area contributed by atoms with Crippen LogP contribution in [-0.2, 0) is 0 Å². The van der Waals surface area contributed by atoms with Crippen molar-refractivity contribution in [3.05, 3.63) is 74.0 Å². The minimum absolute atomic E-state index is 0.293. The molecule has 8 nitrogen and oxygen atoms in total. The molecule has 19 heavy (non-hydrogen) atoms. The number of benzene rings is 1. The highest BCUT2D eigenvalue weighted by atomic mass is 16.7. The zero-order chi connectivity index (χ0) is 14.5. The second kappa shape index (κ2) is 5.74. The Labute approximate surface area is 107 Å². The van der Waals surface area contributed by atoms with Crippen LogP contribution in [0.25, 0.3) is 6.08 Å². The highest BCUT2D eigenvalue weighted by Gasteiger charge is 2.52. The minimum atomic E-state index is -3.46. The van der Waals surface area contributed by atoms with E-state index in [1.807, 2.05) is 0 Å². The summed E-state index contributed by atoms with van der Waals surface area (Å²) in [4.78, 5) is 17.8. The zero-order valence-corrected chi connectivity index (χ0v) is 9.54. The van der Waals surface area contributed by atoms with Crippen LogP contribution in [0.5, 0.6) is 0 Å². The lowest BCUT2D eigenvalue weighted by Crippen LogP contribution is -2.44. The van der Waals surface area contributed by atoms with E-state index in [1.54, 1.807) is 30.3 Å². The lowest BCUT2D eigenvalue weighted by Gasteiger charge is -2.04. The van der Waals surface area contributed by atoms with Gasteiger partial charge in [-0.05, 0) is 17.7 Å². The molecule has 8 heteroatoms. The van der Waals surface area contributed by atoms with E-state index < -0.39 is 21.5 Å². The first-order valence-electron chi connectivity index (χ1n) is 5.02. The van der Waals surface area contributed by atoms with E-state index in [9.17, 15) is 25.3 Å². The Kier molecular flexibility index (Phi) is 4.32. The van der Waals surface area contributed by atoms with Gasteiger partial charge < -0.3 is 5.11 Å². The summed E-state index contributed by atoms with van der Waals surface area (Å²) >= 11 is 0. The molecule has 1 rings (SSSR count). The van der Waals surface area contributed by atoms with Gasteiger partial charge in [-0.2, -0.15) is 0 Å². The number of rotatable bonds is 5. The molecule has 0 aliphatic carbocycles. The first-order valence-corrected chi connectivity index (χ1v) is 5.02. The molecule has 0 unspecified atom stereocenters. The SMILES string of the molecule is O=[N+]([O-])C(O)(C=CC(O)=Cc1ccccc1)[N+](=O)[O-]. The second-order valence-corrected chi connectivity index (χ2v) is 3.51. The van der Waals surface area contributed by atoms with Gasteiger partial charge in [0.25, 0.3) is 0 Å². The fourth-order valence-electron chi connectivity index (χ4n) is 1.15. The third-order valence-corrected chi connectivity index (χ3v) is 2.13. The summed E-state index contributed by atoms with van der Waals surface area (Å²) < 4.78 is 0. The van der Waals surface area contributed by atoms with Crippen LogP contribution in [0.3, 0.4) is 0 Å². The predicted molar refractivity (Wildman–Crippen MR) is 65.1 cm³/mol. The second-order valence-electron chi connectivity index (χ2n) is 3.51. The van der Waals surface area contributed by atoms with E-state index in [-0.39, 0.29) is 0 Å². The summed E-state index contributed by atoms with van der Waals surface area (Å²) in [5.41, 5.74) is 0.593. The van der Waals surface area contributed by atoms with Gasteiger partial charge in [0.2, 0.25) is 0 Å². The van der Waals surface area contributed by atoms with Gasteiger partial charge in [-0.3, -0.25) is 25.3 Å². The molecule has 1 aromatic rings. The molecule has 0 aliphatic rings. The Morgan fingerprint density at radius 1 is 1.16 bits per heavy atom. The lowest BCUT2D eigenvalue weighted by molar-refractivity contribution is -0.830. The minimum Gasteiger partial charge on any atom is -0.508 e. The van der Waals surface area contributed by atoms with Gasteiger partial charge in [0.05, 0.1) is 0 Å². The molecule has 0 aromatic heterocycles. The molecule has 0 heterocycles. The van der Waals surface area contributed by atoms with Crippen LogP contribution >= 0.6 is 0 Å². The smallest absolute Gasteiger partial charge is 0.508 e. The van der Waals surface area contributed by atoms with Gasteiger partial charge in [0.15, 0.2) is 0 Å². The number of hydrogen-bond acceptors (Lipinski definition) is 6. The van der Waals surface area contributed by atoms with Gasteiger partial charge in [-0.15, -0.1) is 0 Å². The van der Waals surface area contributed by atoms with Crippen molar-refractivity contribution < 1.29 is 20.1 Å². The van der Waals surface area contributed by atoms with E-state index in [4.69, 9.17) is 5.11 Å². The molecule has 0 atom stereocenters. The van der Waals surface area contributed by atoms with Gasteiger partial charge in [-0.1, -0.05) is 30.3 Å². The number of aliphatic hydroxyl groups excluding tert-OH is 1. The van der Waals surface area contributed by atoms with E-state index >= 15 is 0 Å². The van der Waals surface area contributed by atoms with Crippen LogP contribution in [0.15, 0.2) is 48.2 Å². The van der Waals surface area contributed by atoms with Gasteiger partial charge in [-0.25, -0.2) is 0 Å². The number of aliphatic hydroxyl groups is 2. The van der Waals surface area contributed by atoms with Crippen molar-refractivity contribution in [2.45, 2.75) is 5.85 Å². The van der Waals surface area contributed by atoms with Gasteiger partial charge in [0.1, 0.15) is 21.7 Å². The molecule has 0 fully saturated rings. The Hall–Kier alpha value is -2.74. The van der Waals surface area contributed by atoms with Crippen molar-refractivity contribution in [1.29, 1.82) is 0 Å². The molecule has 0 saturated heterocycles. The van der Waals surface area contributed by atoms with E-state index in [0.29, 0.717) is 17.7 Å². The Morgan fingerprint density at radius 3 is 2.16 bits per heavy atom. The molecule has 0 saturated carbocycles. The van der Waals surface area contributed by atoms with E-state index in [1.165, 1.54) is 6.08 Å². The van der Waals surface area contributed by atoms with Crippen LogP contribution in [0.4, 0.5) is 0 Å².